The molecule has 1 aromatic heterocycles. The molecular weight excluding hydrogens is 470 g/mol. The Kier molecular flexibility index (Phi) is 9.22. The number of aryl methyl sites for hydroxylation is 1. The Hall–Kier alpha value is -2.49. The van der Waals surface area contributed by atoms with E-state index in [1.54, 1.807) is 6.07 Å². The molecule has 12 nitrogen and oxygen atoms in total. The first-order chi connectivity index (χ1) is 15.8. The normalized spacial score (nSPS) is 15.4. The van der Waals surface area contributed by atoms with E-state index in [-0.39, 0.29) is 11.3 Å². The summed E-state index contributed by atoms with van der Waals surface area (Å²) in [5.41, 5.74) is 3.32. The molecule has 0 saturated carbocycles. The van der Waals surface area contributed by atoms with Crippen molar-refractivity contribution < 1.29 is 23.1 Å². The summed E-state index contributed by atoms with van der Waals surface area (Å²) in [7, 11) is -4.04. The maximum atomic E-state index is 12.4. The lowest BCUT2D eigenvalue weighted by Gasteiger charge is -2.15. The molecule has 2 heterocycles. The fraction of sp³-hybridized carbons (Fsp3) is 0.474. The molecule has 1 aromatic carbocycles. The van der Waals surface area contributed by atoms with Crippen LogP contribution in [-0.2, 0) is 32.5 Å². The molecule has 0 radical (unpaired) electrons. The summed E-state index contributed by atoms with van der Waals surface area (Å²) in [6, 6.07) is 5.91. The van der Waals surface area contributed by atoms with Crippen LogP contribution in [0.15, 0.2) is 35.2 Å². The average Bonchev–Trinajstić information content (AvgIpc) is 3.47. The van der Waals surface area contributed by atoms with Crippen molar-refractivity contribution in [3.63, 3.8) is 0 Å². The Morgan fingerprint density at radius 1 is 1.21 bits per heavy atom. The number of aromatic nitrogens is 2. The number of carboxylic acids is 1. The van der Waals surface area contributed by atoms with Crippen molar-refractivity contribution in [1.29, 1.82) is 0 Å². The molecule has 0 spiro atoms. The average molecular weight is 498 g/mol. The molecule has 0 unspecified atom stereocenters. The third kappa shape index (κ3) is 8.10. The number of hydrogen-bond acceptors (Lipinski definition) is 10. The lowest BCUT2D eigenvalue weighted by Crippen LogP contribution is -2.48. The molecule has 0 bridgehead atoms. The largest absolute Gasteiger partial charge is 0.480 e. The van der Waals surface area contributed by atoms with Crippen molar-refractivity contribution in [2.45, 2.75) is 30.2 Å². The summed E-state index contributed by atoms with van der Waals surface area (Å²) in [5.74, 6) is -1.86. The molecule has 3 rings (SSSR count). The number of carbonyl (C=O) groups excluding carboxylic acids is 1. The Morgan fingerprint density at radius 2 is 1.97 bits per heavy atom. The summed E-state index contributed by atoms with van der Waals surface area (Å²) in [6.45, 7) is 3.18. The van der Waals surface area contributed by atoms with E-state index < -0.39 is 34.5 Å². The van der Waals surface area contributed by atoms with Gasteiger partial charge in [-0.25, -0.2) is 13.4 Å². The van der Waals surface area contributed by atoms with Crippen LogP contribution in [0.5, 0.6) is 0 Å². The molecule has 14 heteroatoms. The number of nitrogens with one attached hydrogen (secondary N) is 4. The van der Waals surface area contributed by atoms with E-state index in [2.05, 4.69) is 36.0 Å². The molecule has 1 atom stereocenters. The second-order valence-electron chi connectivity index (χ2n) is 7.33. The number of hydrogen-bond donors (Lipinski definition) is 5. The van der Waals surface area contributed by atoms with Crippen molar-refractivity contribution in [2.24, 2.45) is 0 Å². The molecule has 1 aliphatic heterocycles. The van der Waals surface area contributed by atoms with Crippen molar-refractivity contribution in [3.8, 4) is 0 Å². The zero-order chi connectivity index (χ0) is 23.7. The molecule has 2 aromatic rings. The highest BCUT2D eigenvalue weighted by Gasteiger charge is 2.26. The van der Waals surface area contributed by atoms with Gasteiger partial charge in [-0.3, -0.25) is 15.0 Å². The van der Waals surface area contributed by atoms with E-state index >= 15 is 0 Å². The minimum absolute atomic E-state index is 0.0590. The van der Waals surface area contributed by atoms with Crippen LogP contribution < -0.4 is 20.8 Å². The smallest absolute Gasteiger partial charge is 0.323 e. The standard InChI is InChI=1S/C19H27N7O5S2/c27-16(11-18-24-23-17(32-18)7-4-8-22-26-10-9-20-13-26)21-12-15(19(28)29)25-33(30,31)14-5-2-1-3-6-14/h1-3,5-6,15,20,22,25H,4,7-13H2,(H,21,27)(H,28,29)/t15-/m0/s1. The number of benzene rings is 1. The highest BCUT2D eigenvalue weighted by Crippen LogP contribution is 2.12. The molecule has 1 amide bonds. The summed E-state index contributed by atoms with van der Waals surface area (Å²) < 4.78 is 26.8. The first-order valence-electron chi connectivity index (χ1n) is 10.4. The van der Waals surface area contributed by atoms with Gasteiger partial charge in [-0.1, -0.05) is 18.2 Å². The second-order valence-corrected chi connectivity index (χ2v) is 10.2. The fourth-order valence-corrected chi connectivity index (χ4v) is 5.12. The highest BCUT2D eigenvalue weighted by molar-refractivity contribution is 7.89. The van der Waals surface area contributed by atoms with E-state index in [0.29, 0.717) is 5.01 Å². The third-order valence-corrected chi connectivity index (χ3v) is 7.21. The van der Waals surface area contributed by atoms with Gasteiger partial charge in [-0.2, -0.15) is 4.72 Å². The van der Waals surface area contributed by atoms with E-state index in [1.165, 1.54) is 35.6 Å². The molecule has 5 N–H and O–H groups in total. The maximum Gasteiger partial charge on any atom is 0.323 e. The van der Waals surface area contributed by atoms with Gasteiger partial charge < -0.3 is 15.7 Å². The van der Waals surface area contributed by atoms with Gasteiger partial charge in [0, 0.05) is 32.6 Å². The van der Waals surface area contributed by atoms with Crippen LogP contribution in [0.25, 0.3) is 0 Å². The molecule has 1 fully saturated rings. The number of hydrazine groups is 1. The van der Waals surface area contributed by atoms with Crippen LogP contribution in [0.4, 0.5) is 0 Å². The maximum absolute atomic E-state index is 12.4. The van der Waals surface area contributed by atoms with Gasteiger partial charge >= 0.3 is 5.97 Å². The fourth-order valence-electron chi connectivity index (χ4n) is 3.03. The van der Waals surface area contributed by atoms with Crippen molar-refractivity contribution in [2.75, 3.05) is 32.8 Å². The Bertz CT molecular complexity index is 1030. The van der Waals surface area contributed by atoms with Gasteiger partial charge in [-0.05, 0) is 18.6 Å². The third-order valence-electron chi connectivity index (χ3n) is 4.74. The second kappa shape index (κ2) is 12.1. The quantitative estimate of drug-likeness (QED) is 0.215. The van der Waals surface area contributed by atoms with Crippen LogP contribution in [0.3, 0.4) is 0 Å². The topological polar surface area (TPSA) is 166 Å². The molecule has 1 aliphatic rings. The number of rotatable bonds is 13. The predicted molar refractivity (Wildman–Crippen MR) is 121 cm³/mol. The van der Waals surface area contributed by atoms with Gasteiger partial charge in [-0.15, -0.1) is 21.5 Å². The van der Waals surface area contributed by atoms with Crippen LogP contribution in [0.2, 0.25) is 0 Å². The Morgan fingerprint density at radius 3 is 2.67 bits per heavy atom. The number of carboxylic acid groups (broad SMARTS) is 1. The molecule has 180 valence electrons. The van der Waals surface area contributed by atoms with E-state index in [1.807, 2.05) is 0 Å². The monoisotopic (exact) mass is 497 g/mol. The molecule has 1 saturated heterocycles. The number of aliphatic carboxylic acids is 1. The van der Waals surface area contributed by atoms with Gasteiger partial charge in [0.25, 0.3) is 0 Å². The first kappa shape index (κ1) is 25.1. The number of amides is 1. The van der Waals surface area contributed by atoms with Crippen molar-refractivity contribution >= 4 is 33.2 Å². The van der Waals surface area contributed by atoms with Gasteiger partial charge in [0.05, 0.1) is 18.0 Å². The first-order valence-corrected chi connectivity index (χ1v) is 12.7. The van der Waals surface area contributed by atoms with E-state index in [0.717, 1.165) is 44.2 Å². The number of carbonyl (C=O) groups is 2. The van der Waals surface area contributed by atoms with E-state index in [4.69, 9.17) is 0 Å². The van der Waals surface area contributed by atoms with Crippen LogP contribution in [-0.4, -0.2) is 79.5 Å². The molecule has 0 aliphatic carbocycles. The summed E-state index contributed by atoms with van der Waals surface area (Å²) >= 11 is 1.33. The SMILES string of the molecule is O=C(Cc1nnc(CCCNN2CCNC2)s1)NC[C@H](NS(=O)(=O)c1ccccc1)C(=O)O. The van der Waals surface area contributed by atoms with Crippen LogP contribution in [0.1, 0.15) is 16.4 Å². The number of nitrogens with zero attached hydrogens (tertiary/aromatic N) is 3. The van der Waals surface area contributed by atoms with Crippen molar-refractivity contribution in [1.82, 2.24) is 36.0 Å². The zero-order valence-corrected chi connectivity index (χ0v) is 19.5. The van der Waals surface area contributed by atoms with Gasteiger partial charge in [0.15, 0.2) is 0 Å². The Balaban J connectivity index is 1.42. The molecule has 33 heavy (non-hydrogen) atoms. The van der Waals surface area contributed by atoms with E-state index in [9.17, 15) is 23.1 Å². The minimum atomic E-state index is -4.04. The van der Waals surface area contributed by atoms with Gasteiger partial charge in [0.2, 0.25) is 15.9 Å². The zero-order valence-electron chi connectivity index (χ0n) is 17.9. The lowest BCUT2D eigenvalue weighted by molar-refractivity contribution is -0.138. The summed E-state index contributed by atoms with van der Waals surface area (Å²) in [6.07, 6.45) is 1.54. The van der Waals surface area contributed by atoms with Gasteiger partial charge in [0.1, 0.15) is 16.1 Å². The van der Waals surface area contributed by atoms with Crippen LogP contribution >= 0.6 is 11.3 Å². The summed E-state index contributed by atoms with van der Waals surface area (Å²) in [5, 5.41) is 26.6. The summed E-state index contributed by atoms with van der Waals surface area (Å²) in [4.78, 5) is 23.7. The Labute approximate surface area is 195 Å². The highest BCUT2D eigenvalue weighted by atomic mass is 32.2. The van der Waals surface area contributed by atoms with Crippen LogP contribution in [0, 0.1) is 0 Å². The molecular formula is C19H27N7O5S2. The lowest BCUT2D eigenvalue weighted by atomic mass is 10.3. The predicted octanol–water partition coefficient (Wildman–Crippen LogP) is -1.07. The number of sulfonamides is 1. The van der Waals surface area contributed by atoms with Crippen molar-refractivity contribution in [3.05, 3.63) is 40.3 Å². The minimum Gasteiger partial charge on any atom is -0.480 e.